The predicted molar refractivity (Wildman–Crippen MR) is 108 cm³/mol. The first-order chi connectivity index (χ1) is 14.2. The lowest BCUT2D eigenvalue weighted by molar-refractivity contribution is -0.141. The van der Waals surface area contributed by atoms with Crippen LogP contribution in [0.25, 0.3) is 0 Å². The summed E-state index contributed by atoms with van der Waals surface area (Å²) in [6.45, 7) is 7.50. The second-order valence-electron chi connectivity index (χ2n) is 8.91. The zero-order chi connectivity index (χ0) is 21.6. The van der Waals surface area contributed by atoms with E-state index in [0.717, 1.165) is 5.56 Å². The van der Waals surface area contributed by atoms with E-state index in [9.17, 15) is 14.4 Å². The topological polar surface area (TPSA) is 80.1 Å². The molecule has 0 saturated carbocycles. The second kappa shape index (κ2) is 7.31. The fourth-order valence-electron chi connectivity index (χ4n) is 4.25. The summed E-state index contributed by atoms with van der Waals surface area (Å²) in [4.78, 5) is 42.1. The number of amides is 3. The molecule has 1 aromatic carbocycles. The molecule has 0 bridgehead atoms. The van der Waals surface area contributed by atoms with E-state index in [0.29, 0.717) is 11.5 Å². The Kier molecular flexibility index (Phi) is 4.92. The first-order valence-corrected chi connectivity index (χ1v) is 10.1. The van der Waals surface area contributed by atoms with Gasteiger partial charge in [-0.05, 0) is 45.4 Å². The van der Waals surface area contributed by atoms with Crippen LogP contribution in [0.5, 0.6) is 0 Å². The number of carbonyl (C=O) groups excluding carboxylic acids is 3. The monoisotopic (exact) mass is 410 g/mol. The first kappa shape index (κ1) is 20.2. The maximum atomic E-state index is 13.3. The third kappa shape index (κ3) is 3.60. The Morgan fingerprint density at radius 1 is 1.10 bits per heavy atom. The van der Waals surface area contributed by atoms with E-state index < -0.39 is 29.6 Å². The first-order valence-electron chi connectivity index (χ1n) is 10.1. The molecule has 7 nitrogen and oxygen atoms in total. The molecule has 2 fully saturated rings. The van der Waals surface area contributed by atoms with Gasteiger partial charge in [-0.25, -0.2) is 4.79 Å². The summed E-state index contributed by atoms with van der Waals surface area (Å²) in [6, 6.07) is 12.3. The highest BCUT2D eigenvalue weighted by Crippen LogP contribution is 2.47. The van der Waals surface area contributed by atoms with Crippen molar-refractivity contribution in [3.63, 3.8) is 0 Å². The highest BCUT2D eigenvalue weighted by atomic mass is 16.6. The molecule has 3 heterocycles. The maximum absolute atomic E-state index is 13.3. The number of carbonyl (C=O) groups is 3. The summed E-state index contributed by atoms with van der Waals surface area (Å²) in [5.41, 5.74) is 0.194. The molecule has 3 unspecified atom stereocenters. The number of fused-ring (bicyclic) bond motifs is 1. The van der Waals surface area contributed by atoms with Gasteiger partial charge in [-0.15, -0.1) is 0 Å². The second-order valence-corrected chi connectivity index (χ2v) is 8.91. The average Bonchev–Trinajstić information content (AvgIpc) is 3.33. The summed E-state index contributed by atoms with van der Waals surface area (Å²) in [5.74, 6) is -0.653. The van der Waals surface area contributed by atoms with Gasteiger partial charge in [-0.2, -0.15) is 0 Å². The average molecular weight is 410 g/mol. The van der Waals surface area contributed by atoms with E-state index in [4.69, 9.17) is 9.15 Å². The van der Waals surface area contributed by atoms with Crippen LogP contribution in [0, 0.1) is 18.8 Å². The van der Waals surface area contributed by atoms with Crippen LogP contribution >= 0.6 is 0 Å². The van der Waals surface area contributed by atoms with Gasteiger partial charge in [0, 0.05) is 6.54 Å². The molecule has 4 rings (SSSR count). The van der Waals surface area contributed by atoms with E-state index in [1.54, 1.807) is 39.8 Å². The van der Waals surface area contributed by atoms with E-state index >= 15 is 0 Å². The number of furan rings is 1. The van der Waals surface area contributed by atoms with Crippen LogP contribution in [0.3, 0.4) is 0 Å². The predicted octanol–water partition coefficient (Wildman–Crippen LogP) is 3.68. The third-order valence-corrected chi connectivity index (χ3v) is 5.50. The lowest BCUT2D eigenvalue weighted by Crippen LogP contribution is -2.41. The Hall–Kier alpha value is -3.09. The molecule has 2 aromatic rings. The fourth-order valence-corrected chi connectivity index (χ4v) is 4.25. The zero-order valence-corrected chi connectivity index (χ0v) is 17.6. The highest BCUT2D eigenvalue weighted by molar-refractivity contribution is 6.06. The Balaban J connectivity index is 1.66. The van der Waals surface area contributed by atoms with Gasteiger partial charge in [0.15, 0.2) is 0 Å². The molecular weight excluding hydrogens is 384 g/mol. The number of aryl methyl sites for hydroxylation is 1. The largest absolute Gasteiger partial charge is 0.464 e. The number of likely N-dealkylation sites (tertiary alicyclic amines) is 2. The van der Waals surface area contributed by atoms with Crippen LogP contribution in [0.2, 0.25) is 0 Å². The molecular formula is C23H26N2O5. The van der Waals surface area contributed by atoms with Gasteiger partial charge >= 0.3 is 6.09 Å². The third-order valence-electron chi connectivity index (χ3n) is 5.50. The molecule has 3 atom stereocenters. The molecule has 2 aliphatic rings. The van der Waals surface area contributed by atoms with Crippen molar-refractivity contribution in [1.29, 1.82) is 0 Å². The lowest BCUT2D eigenvalue weighted by Gasteiger charge is -2.30. The minimum atomic E-state index is -0.689. The summed E-state index contributed by atoms with van der Waals surface area (Å²) < 4.78 is 11.3. The van der Waals surface area contributed by atoms with Crippen molar-refractivity contribution < 1.29 is 23.5 Å². The minimum Gasteiger partial charge on any atom is -0.464 e. The summed E-state index contributed by atoms with van der Waals surface area (Å²) in [7, 11) is 0. The van der Waals surface area contributed by atoms with Crippen molar-refractivity contribution in [1.82, 2.24) is 9.80 Å². The number of hydrogen-bond donors (Lipinski definition) is 0. The maximum Gasteiger partial charge on any atom is 0.410 e. The van der Waals surface area contributed by atoms with Gasteiger partial charge in [-0.3, -0.25) is 19.4 Å². The van der Waals surface area contributed by atoms with E-state index in [2.05, 4.69) is 0 Å². The van der Waals surface area contributed by atoms with Gasteiger partial charge in [0.1, 0.15) is 23.2 Å². The molecule has 0 N–H and O–H groups in total. The van der Waals surface area contributed by atoms with Crippen molar-refractivity contribution >= 4 is 17.9 Å². The van der Waals surface area contributed by atoms with Crippen molar-refractivity contribution in [3.05, 3.63) is 59.5 Å². The van der Waals surface area contributed by atoms with Crippen molar-refractivity contribution in [3.8, 4) is 0 Å². The van der Waals surface area contributed by atoms with Crippen LogP contribution in [-0.2, 0) is 20.9 Å². The van der Waals surface area contributed by atoms with Crippen LogP contribution in [-0.4, -0.2) is 39.9 Å². The molecule has 2 saturated heterocycles. The zero-order valence-electron chi connectivity index (χ0n) is 17.6. The van der Waals surface area contributed by atoms with Crippen molar-refractivity contribution in [2.45, 2.75) is 45.9 Å². The molecule has 7 heteroatoms. The molecule has 0 radical (unpaired) electrons. The standard InChI is InChI=1S/C23H26N2O5/c1-14-10-11-17(29-14)19-18-16(13-24(19)22(28)30-23(2,3)4)20(26)25(21(18)27)12-15-8-6-5-7-9-15/h5-11,16,18-19H,12-13H2,1-4H3. The molecule has 3 amide bonds. The Labute approximate surface area is 175 Å². The van der Waals surface area contributed by atoms with Crippen LogP contribution in [0.4, 0.5) is 4.79 Å². The Morgan fingerprint density at radius 2 is 1.80 bits per heavy atom. The molecule has 0 aliphatic carbocycles. The lowest BCUT2D eigenvalue weighted by atomic mass is 9.92. The number of imide groups is 1. The van der Waals surface area contributed by atoms with Crippen molar-refractivity contribution in [2.75, 3.05) is 6.54 Å². The van der Waals surface area contributed by atoms with Gasteiger partial charge in [0.25, 0.3) is 0 Å². The number of hydrogen-bond acceptors (Lipinski definition) is 5. The van der Waals surface area contributed by atoms with E-state index in [1.807, 2.05) is 30.3 Å². The number of benzene rings is 1. The smallest absolute Gasteiger partial charge is 0.410 e. The molecule has 2 aliphatic heterocycles. The normalized spacial score (nSPS) is 23.8. The fraction of sp³-hybridized carbons (Fsp3) is 0.435. The number of nitrogens with zero attached hydrogens (tertiary/aromatic N) is 2. The van der Waals surface area contributed by atoms with Crippen molar-refractivity contribution in [2.24, 2.45) is 11.8 Å². The van der Waals surface area contributed by atoms with E-state index in [-0.39, 0.29) is 24.9 Å². The van der Waals surface area contributed by atoms with Crippen LogP contribution in [0.15, 0.2) is 46.9 Å². The highest BCUT2D eigenvalue weighted by Gasteiger charge is 2.60. The summed E-state index contributed by atoms with van der Waals surface area (Å²) >= 11 is 0. The van der Waals surface area contributed by atoms with Crippen LogP contribution < -0.4 is 0 Å². The molecule has 158 valence electrons. The van der Waals surface area contributed by atoms with Gasteiger partial charge < -0.3 is 9.15 Å². The molecule has 1 aromatic heterocycles. The molecule has 0 spiro atoms. The quantitative estimate of drug-likeness (QED) is 0.721. The van der Waals surface area contributed by atoms with Crippen LogP contribution in [0.1, 0.15) is 43.9 Å². The number of ether oxygens (including phenoxy) is 1. The minimum absolute atomic E-state index is 0.125. The summed E-state index contributed by atoms with van der Waals surface area (Å²) in [5, 5.41) is 0. The van der Waals surface area contributed by atoms with Gasteiger partial charge in [0.2, 0.25) is 11.8 Å². The Morgan fingerprint density at radius 3 is 2.40 bits per heavy atom. The summed E-state index contributed by atoms with van der Waals surface area (Å²) in [6.07, 6.45) is -0.550. The SMILES string of the molecule is Cc1ccc(C2C3C(=O)N(Cc4ccccc4)C(=O)C3CN2C(=O)OC(C)(C)C)o1. The number of rotatable bonds is 3. The molecule has 30 heavy (non-hydrogen) atoms. The van der Waals surface area contributed by atoms with Gasteiger partial charge in [0.05, 0.1) is 18.4 Å². The van der Waals surface area contributed by atoms with E-state index in [1.165, 1.54) is 9.80 Å². The van der Waals surface area contributed by atoms with Gasteiger partial charge in [-0.1, -0.05) is 30.3 Å². The Bertz CT molecular complexity index is 975.